The molecule has 0 atom stereocenters. The Labute approximate surface area is 194 Å². The van der Waals surface area contributed by atoms with Crippen LogP contribution in [0.15, 0.2) is 40.2 Å². The van der Waals surface area contributed by atoms with Gasteiger partial charge in [-0.2, -0.15) is 13.2 Å². The Bertz CT molecular complexity index is 1270. The van der Waals surface area contributed by atoms with Crippen molar-refractivity contribution in [1.82, 2.24) is 23.6 Å². The fraction of sp³-hybridized carbons (Fsp3) is 0.522. The third-order valence-electron chi connectivity index (χ3n) is 6.50. The first-order valence-corrected chi connectivity index (χ1v) is 11.4. The molecule has 0 saturated carbocycles. The maximum atomic E-state index is 13.0. The highest BCUT2D eigenvalue weighted by Gasteiger charge is 2.31. The molecule has 0 aliphatic carbocycles. The molecule has 8 nitrogen and oxygen atoms in total. The molecular weight excluding hydrogens is 449 g/mol. The molecule has 1 aromatic carbocycles. The lowest BCUT2D eigenvalue weighted by molar-refractivity contribution is -0.137. The summed E-state index contributed by atoms with van der Waals surface area (Å²) in [5, 5.41) is 0. The molecule has 0 N–H and O–H groups in total. The second-order valence-electron chi connectivity index (χ2n) is 8.75. The number of alkyl halides is 3. The number of halogens is 3. The van der Waals surface area contributed by atoms with E-state index >= 15 is 0 Å². The van der Waals surface area contributed by atoms with Gasteiger partial charge in [0.05, 0.1) is 11.9 Å². The summed E-state index contributed by atoms with van der Waals surface area (Å²) in [4.78, 5) is 33.1. The van der Waals surface area contributed by atoms with Crippen LogP contribution in [0.2, 0.25) is 0 Å². The maximum absolute atomic E-state index is 13.0. The first kappa shape index (κ1) is 24.1. The highest BCUT2D eigenvalue weighted by atomic mass is 19.4. The van der Waals surface area contributed by atoms with Gasteiger partial charge in [-0.1, -0.05) is 12.5 Å². The smallest absolute Gasteiger partial charge is 0.369 e. The van der Waals surface area contributed by atoms with Crippen molar-refractivity contribution in [3.05, 3.63) is 57.0 Å². The summed E-state index contributed by atoms with van der Waals surface area (Å²) >= 11 is 0. The zero-order valence-corrected chi connectivity index (χ0v) is 19.4. The summed E-state index contributed by atoms with van der Waals surface area (Å²) in [5.74, 6) is 0. The van der Waals surface area contributed by atoms with Crippen LogP contribution in [0.1, 0.15) is 24.8 Å². The van der Waals surface area contributed by atoms with Gasteiger partial charge in [0.1, 0.15) is 0 Å². The Morgan fingerprint density at radius 1 is 0.941 bits per heavy atom. The number of fused-ring (bicyclic) bond motifs is 1. The molecule has 4 rings (SSSR count). The summed E-state index contributed by atoms with van der Waals surface area (Å²) in [6, 6.07) is 5.52. The van der Waals surface area contributed by atoms with Gasteiger partial charge in [0.2, 0.25) is 0 Å². The first-order valence-electron chi connectivity index (χ1n) is 11.4. The van der Waals surface area contributed by atoms with Crippen LogP contribution in [0.4, 0.5) is 18.9 Å². The summed E-state index contributed by atoms with van der Waals surface area (Å²) < 4.78 is 43.2. The van der Waals surface area contributed by atoms with E-state index in [2.05, 4.69) is 9.88 Å². The molecule has 3 heterocycles. The third kappa shape index (κ3) is 4.89. The number of anilines is 1. The van der Waals surface area contributed by atoms with Crippen molar-refractivity contribution in [3.8, 4) is 0 Å². The average molecular weight is 479 g/mol. The summed E-state index contributed by atoms with van der Waals surface area (Å²) in [6.45, 7) is 4.60. The minimum atomic E-state index is -4.33. The molecule has 0 amide bonds. The molecule has 11 heteroatoms. The van der Waals surface area contributed by atoms with Gasteiger partial charge in [0.15, 0.2) is 11.2 Å². The summed E-state index contributed by atoms with van der Waals surface area (Å²) in [7, 11) is 3.07. The predicted molar refractivity (Wildman–Crippen MR) is 124 cm³/mol. The maximum Gasteiger partial charge on any atom is 0.416 e. The van der Waals surface area contributed by atoms with Gasteiger partial charge in [0.25, 0.3) is 5.56 Å². The predicted octanol–water partition coefficient (Wildman–Crippen LogP) is 2.45. The Kier molecular flexibility index (Phi) is 6.83. The first-order chi connectivity index (χ1) is 16.2. The SMILES string of the molecule is Cn1c(=O)c2c(ncn2CCCCCN2CCN(c3cccc(C(F)(F)F)c3)CC2)n(C)c1=O. The molecule has 0 bridgehead atoms. The van der Waals surface area contributed by atoms with Gasteiger partial charge in [-0.05, 0) is 37.6 Å². The van der Waals surface area contributed by atoms with Crippen LogP contribution in [0.3, 0.4) is 0 Å². The topological polar surface area (TPSA) is 68.3 Å². The minimum absolute atomic E-state index is 0.339. The molecule has 0 radical (unpaired) electrons. The van der Waals surface area contributed by atoms with E-state index in [0.717, 1.165) is 49.5 Å². The molecule has 1 fully saturated rings. The molecule has 1 aliphatic heterocycles. The molecule has 1 aliphatic rings. The van der Waals surface area contributed by atoms with Crippen molar-refractivity contribution in [1.29, 1.82) is 0 Å². The lowest BCUT2D eigenvalue weighted by Crippen LogP contribution is -2.46. The second-order valence-corrected chi connectivity index (χ2v) is 8.75. The lowest BCUT2D eigenvalue weighted by Gasteiger charge is -2.36. The minimum Gasteiger partial charge on any atom is -0.369 e. The van der Waals surface area contributed by atoms with Crippen molar-refractivity contribution < 1.29 is 13.2 Å². The summed E-state index contributed by atoms with van der Waals surface area (Å²) in [5.41, 5.74) is 0.107. The average Bonchev–Trinajstić information content (AvgIpc) is 3.25. The number of imidazole rings is 1. The third-order valence-corrected chi connectivity index (χ3v) is 6.50. The quantitative estimate of drug-likeness (QED) is 0.488. The Balaban J connectivity index is 1.24. The number of hydrogen-bond donors (Lipinski definition) is 0. The van der Waals surface area contributed by atoms with Crippen molar-refractivity contribution in [2.75, 3.05) is 37.6 Å². The van der Waals surface area contributed by atoms with Crippen molar-refractivity contribution in [2.45, 2.75) is 32.0 Å². The zero-order chi connectivity index (χ0) is 24.5. The number of hydrogen-bond acceptors (Lipinski definition) is 5. The summed E-state index contributed by atoms with van der Waals surface area (Å²) in [6.07, 6.45) is 0.122. The van der Waals surface area contributed by atoms with E-state index in [4.69, 9.17) is 0 Å². The van der Waals surface area contributed by atoms with Crippen LogP contribution in [0, 0.1) is 0 Å². The number of aryl methyl sites for hydroxylation is 2. The molecule has 184 valence electrons. The van der Waals surface area contributed by atoms with Crippen LogP contribution >= 0.6 is 0 Å². The van der Waals surface area contributed by atoms with E-state index in [-0.39, 0.29) is 5.56 Å². The number of rotatable bonds is 7. The monoisotopic (exact) mass is 478 g/mol. The van der Waals surface area contributed by atoms with E-state index < -0.39 is 17.4 Å². The highest BCUT2D eigenvalue weighted by molar-refractivity contribution is 5.69. The fourth-order valence-corrected chi connectivity index (χ4v) is 4.47. The van der Waals surface area contributed by atoms with Crippen molar-refractivity contribution in [3.63, 3.8) is 0 Å². The van der Waals surface area contributed by atoms with Crippen LogP contribution < -0.4 is 16.1 Å². The molecular formula is C23H29F3N6O2. The normalized spacial score (nSPS) is 15.4. The van der Waals surface area contributed by atoms with E-state index in [1.165, 1.54) is 23.7 Å². The Morgan fingerprint density at radius 2 is 1.65 bits per heavy atom. The van der Waals surface area contributed by atoms with Gasteiger partial charge < -0.3 is 9.47 Å². The van der Waals surface area contributed by atoms with Crippen LogP contribution in [-0.4, -0.2) is 56.3 Å². The van der Waals surface area contributed by atoms with Crippen molar-refractivity contribution >= 4 is 16.9 Å². The van der Waals surface area contributed by atoms with Gasteiger partial charge in [-0.25, -0.2) is 9.78 Å². The van der Waals surface area contributed by atoms with Gasteiger partial charge in [-0.15, -0.1) is 0 Å². The van der Waals surface area contributed by atoms with Crippen molar-refractivity contribution in [2.24, 2.45) is 14.1 Å². The Morgan fingerprint density at radius 3 is 2.35 bits per heavy atom. The van der Waals surface area contributed by atoms with Gasteiger partial charge in [-0.3, -0.25) is 18.8 Å². The van der Waals surface area contributed by atoms with Crippen LogP contribution in [-0.2, 0) is 26.8 Å². The molecule has 0 spiro atoms. The van der Waals surface area contributed by atoms with E-state index in [9.17, 15) is 22.8 Å². The van der Waals surface area contributed by atoms with E-state index in [1.54, 1.807) is 19.4 Å². The standard InChI is InChI=1S/C23H29F3N6O2/c1-28-20-19(21(33)29(2)22(28)34)32(16-27-20)10-5-3-4-9-30-11-13-31(14-12-30)18-8-6-7-17(15-18)23(24,25)26/h6-8,15-16H,3-5,9-14H2,1-2H3. The number of unbranched alkanes of at least 4 members (excludes halogenated alkanes) is 2. The number of aromatic nitrogens is 4. The van der Waals surface area contributed by atoms with Crippen LogP contribution in [0.25, 0.3) is 11.2 Å². The molecule has 0 unspecified atom stereocenters. The second kappa shape index (κ2) is 9.65. The van der Waals surface area contributed by atoms with Gasteiger partial charge >= 0.3 is 11.9 Å². The molecule has 3 aromatic rings. The van der Waals surface area contributed by atoms with E-state index in [1.807, 2.05) is 9.47 Å². The number of piperazine rings is 1. The zero-order valence-electron chi connectivity index (χ0n) is 19.4. The molecule has 2 aromatic heterocycles. The molecule has 1 saturated heterocycles. The fourth-order valence-electron chi connectivity index (χ4n) is 4.47. The number of benzene rings is 1. The highest BCUT2D eigenvalue weighted by Crippen LogP contribution is 2.31. The lowest BCUT2D eigenvalue weighted by atomic mass is 10.1. The Hall–Kier alpha value is -3.08. The van der Waals surface area contributed by atoms with Gasteiger partial charge in [0, 0.05) is 52.5 Å². The number of nitrogens with zero attached hydrogens (tertiary/aromatic N) is 6. The van der Waals surface area contributed by atoms with Crippen LogP contribution in [0.5, 0.6) is 0 Å². The molecule has 34 heavy (non-hydrogen) atoms. The van der Waals surface area contributed by atoms with E-state index in [0.29, 0.717) is 36.5 Å². The largest absolute Gasteiger partial charge is 0.416 e.